The summed E-state index contributed by atoms with van der Waals surface area (Å²) in [6.07, 6.45) is 2.90. The molecule has 23 heavy (non-hydrogen) atoms. The smallest absolute Gasteiger partial charge is 0.208 e. The van der Waals surface area contributed by atoms with Gasteiger partial charge in [-0.2, -0.15) is 0 Å². The van der Waals surface area contributed by atoms with Crippen molar-refractivity contribution in [1.29, 1.82) is 0 Å². The van der Waals surface area contributed by atoms with Crippen LogP contribution in [0.1, 0.15) is 19.8 Å². The predicted molar refractivity (Wildman–Crippen MR) is 93.3 cm³/mol. The third-order valence-corrected chi connectivity index (χ3v) is 4.09. The second kappa shape index (κ2) is 11.6. The van der Waals surface area contributed by atoms with Gasteiger partial charge in [0.05, 0.1) is 19.5 Å². The fourth-order valence-corrected chi connectivity index (χ4v) is 2.72. The van der Waals surface area contributed by atoms with Gasteiger partial charge in [-0.3, -0.25) is 9.89 Å². The zero-order valence-electron chi connectivity index (χ0n) is 14.3. The Morgan fingerprint density at radius 2 is 1.91 bits per heavy atom. The summed E-state index contributed by atoms with van der Waals surface area (Å²) in [6.45, 7) is 9.43. The first-order chi connectivity index (χ1) is 11.0. The molecule has 1 fully saturated rings. The Morgan fingerprint density at radius 3 is 2.57 bits per heavy atom. The highest BCUT2D eigenvalue weighted by atomic mass is 32.2. The molecular weight excluding hydrogens is 318 g/mol. The summed E-state index contributed by atoms with van der Waals surface area (Å²) >= 11 is 0. The molecule has 0 spiro atoms. The molecule has 0 amide bonds. The van der Waals surface area contributed by atoms with E-state index in [-0.39, 0.29) is 0 Å². The Balaban J connectivity index is 2.16. The molecule has 136 valence electrons. The molecule has 0 aromatic carbocycles. The summed E-state index contributed by atoms with van der Waals surface area (Å²) in [4.78, 5) is 6.94. The van der Waals surface area contributed by atoms with Crippen molar-refractivity contribution in [2.24, 2.45) is 4.99 Å². The number of hydrogen-bond acceptors (Lipinski definition) is 5. The minimum atomic E-state index is -3.10. The van der Waals surface area contributed by atoms with Gasteiger partial charge in [-0.15, -0.1) is 0 Å². The van der Waals surface area contributed by atoms with E-state index in [4.69, 9.17) is 4.74 Å². The van der Waals surface area contributed by atoms with Crippen LogP contribution in [0.4, 0.5) is 0 Å². The standard InChI is InChI=1S/C14H31N5O3S/c1-3-15-14(16-6-4-8-18-23(2,20)21)17-7-5-9-19-10-12-22-13-11-19/h18H,3-13H2,1-2H3,(H2,15,16,17). The Kier molecular flexibility index (Phi) is 10.2. The van der Waals surface area contributed by atoms with Crippen molar-refractivity contribution >= 4 is 16.0 Å². The third-order valence-electron chi connectivity index (χ3n) is 3.36. The lowest BCUT2D eigenvalue weighted by molar-refractivity contribution is 0.0377. The van der Waals surface area contributed by atoms with Crippen molar-refractivity contribution in [3.8, 4) is 0 Å². The van der Waals surface area contributed by atoms with Gasteiger partial charge in [-0.25, -0.2) is 13.1 Å². The van der Waals surface area contributed by atoms with Gasteiger partial charge in [-0.05, 0) is 19.8 Å². The van der Waals surface area contributed by atoms with Gasteiger partial charge in [0.25, 0.3) is 0 Å². The summed E-state index contributed by atoms with van der Waals surface area (Å²) in [5.41, 5.74) is 0. The molecule has 0 aliphatic carbocycles. The number of rotatable bonds is 10. The number of sulfonamides is 1. The molecule has 0 aromatic heterocycles. The summed E-state index contributed by atoms with van der Waals surface area (Å²) in [5, 5.41) is 6.41. The Hall–Kier alpha value is -0.900. The zero-order chi connectivity index (χ0) is 17.0. The van der Waals surface area contributed by atoms with Crippen LogP contribution in [0.2, 0.25) is 0 Å². The molecule has 0 atom stereocenters. The van der Waals surface area contributed by atoms with Crippen molar-refractivity contribution in [3.63, 3.8) is 0 Å². The summed E-state index contributed by atoms with van der Waals surface area (Å²) in [7, 11) is -3.10. The number of ether oxygens (including phenoxy) is 1. The topological polar surface area (TPSA) is 95.1 Å². The van der Waals surface area contributed by atoms with E-state index in [1.54, 1.807) is 0 Å². The number of hydrogen-bond donors (Lipinski definition) is 3. The molecule has 1 heterocycles. The average molecular weight is 350 g/mol. The van der Waals surface area contributed by atoms with Gasteiger partial charge in [0, 0.05) is 45.8 Å². The molecule has 0 unspecified atom stereocenters. The van der Waals surface area contributed by atoms with Crippen LogP contribution < -0.4 is 15.4 Å². The van der Waals surface area contributed by atoms with Gasteiger partial charge in [0.1, 0.15) is 0 Å². The molecule has 9 heteroatoms. The lowest BCUT2D eigenvalue weighted by Crippen LogP contribution is -2.39. The molecule has 8 nitrogen and oxygen atoms in total. The second-order valence-corrected chi connectivity index (χ2v) is 7.35. The molecule has 1 aliphatic heterocycles. The lowest BCUT2D eigenvalue weighted by atomic mass is 10.3. The van der Waals surface area contributed by atoms with E-state index in [0.29, 0.717) is 19.5 Å². The van der Waals surface area contributed by atoms with Crippen LogP contribution in [-0.2, 0) is 14.8 Å². The van der Waals surface area contributed by atoms with Crippen molar-refractivity contribution in [3.05, 3.63) is 0 Å². The fourth-order valence-electron chi connectivity index (χ4n) is 2.20. The quantitative estimate of drug-likeness (QED) is 0.272. The third kappa shape index (κ3) is 11.3. The number of morpholine rings is 1. The molecule has 1 aliphatic rings. The van der Waals surface area contributed by atoms with Crippen LogP contribution in [0.15, 0.2) is 4.99 Å². The first-order valence-electron chi connectivity index (χ1n) is 8.28. The van der Waals surface area contributed by atoms with Gasteiger partial charge in [0.2, 0.25) is 10.0 Å². The van der Waals surface area contributed by atoms with Gasteiger partial charge >= 0.3 is 0 Å². The van der Waals surface area contributed by atoms with E-state index in [9.17, 15) is 8.42 Å². The van der Waals surface area contributed by atoms with Crippen molar-refractivity contribution in [1.82, 2.24) is 20.3 Å². The molecule has 1 rings (SSSR count). The maximum absolute atomic E-state index is 11.0. The Labute approximate surface area is 140 Å². The zero-order valence-corrected chi connectivity index (χ0v) is 15.1. The molecule has 1 saturated heterocycles. The van der Waals surface area contributed by atoms with E-state index in [1.807, 2.05) is 6.92 Å². The van der Waals surface area contributed by atoms with Crippen LogP contribution in [0.25, 0.3) is 0 Å². The SMILES string of the molecule is CCNC(=NCCCN1CCOCC1)NCCCNS(C)(=O)=O. The highest BCUT2D eigenvalue weighted by molar-refractivity contribution is 7.88. The second-order valence-electron chi connectivity index (χ2n) is 5.52. The maximum atomic E-state index is 11.0. The molecule has 0 radical (unpaired) electrons. The molecule has 0 aromatic rings. The van der Waals surface area contributed by atoms with Gasteiger partial charge in [0.15, 0.2) is 5.96 Å². The summed E-state index contributed by atoms with van der Waals surface area (Å²) in [6, 6.07) is 0. The van der Waals surface area contributed by atoms with Gasteiger partial charge < -0.3 is 15.4 Å². The van der Waals surface area contributed by atoms with Crippen LogP contribution in [0, 0.1) is 0 Å². The maximum Gasteiger partial charge on any atom is 0.208 e. The van der Waals surface area contributed by atoms with E-state index in [2.05, 4.69) is 25.2 Å². The van der Waals surface area contributed by atoms with E-state index in [1.165, 1.54) is 6.26 Å². The number of nitrogens with one attached hydrogen (secondary N) is 3. The van der Waals surface area contributed by atoms with Crippen LogP contribution in [0.3, 0.4) is 0 Å². The first-order valence-corrected chi connectivity index (χ1v) is 10.2. The van der Waals surface area contributed by atoms with E-state index in [0.717, 1.165) is 58.3 Å². The first kappa shape index (κ1) is 20.1. The molecular formula is C14H31N5O3S. The largest absolute Gasteiger partial charge is 0.379 e. The van der Waals surface area contributed by atoms with E-state index >= 15 is 0 Å². The monoisotopic (exact) mass is 349 g/mol. The summed E-state index contributed by atoms with van der Waals surface area (Å²) in [5.74, 6) is 0.786. The number of guanidine groups is 1. The van der Waals surface area contributed by atoms with Gasteiger partial charge in [-0.1, -0.05) is 0 Å². The minimum Gasteiger partial charge on any atom is -0.379 e. The van der Waals surface area contributed by atoms with Crippen molar-refractivity contribution in [2.45, 2.75) is 19.8 Å². The highest BCUT2D eigenvalue weighted by Crippen LogP contribution is 1.98. The Bertz CT molecular complexity index is 436. The van der Waals surface area contributed by atoms with Crippen molar-refractivity contribution < 1.29 is 13.2 Å². The van der Waals surface area contributed by atoms with Crippen LogP contribution >= 0.6 is 0 Å². The van der Waals surface area contributed by atoms with E-state index < -0.39 is 10.0 Å². The summed E-state index contributed by atoms with van der Waals surface area (Å²) < 4.78 is 29.7. The molecule has 0 saturated carbocycles. The molecule has 0 bridgehead atoms. The predicted octanol–water partition coefficient (Wildman–Crippen LogP) is -0.797. The molecule has 3 N–H and O–H groups in total. The minimum absolute atomic E-state index is 0.433. The lowest BCUT2D eigenvalue weighted by Gasteiger charge is -2.26. The Morgan fingerprint density at radius 1 is 1.17 bits per heavy atom. The van der Waals surface area contributed by atoms with Crippen molar-refractivity contribution in [2.75, 3.05) is 65.3 Å². The fraction of sp³-hybridized carbons (Fsp3) is 0.929. The average Bonchev–Trinajstić information content (AvgIpc) is 2.51. The van der Waals surface area contributed by atoms with Crippen LogP contribution in [-0.4, -0.2) is 84.6 Å². The highest BCUT2D eigenvalue weighted by Gasteiger charge is 2.09. The number of aliphatic imine (C=N–C) groups is 1. The van der Waals surface area contributed by atoms with Crippen LogP contribution in [0.5, 0.6) is 0 Å². The normalized spacial score (nSPS) is 17.2. The number of nitrogens with zero attached hydrogens (tertiary/aromatic N) is 2.